The molecule has 0 unspecified atom stereocenters. The van der Waals surface area contributed by atoms with E-state index in [-0.39, 0.29) is 29.3 Å². The number of anilines is 1. The highest BCUT2D eigenvalue weighted by atomic mass is 16.6. The van der Waals surface area contributed by atoms with Crippen molar-refractivity contribution in [3.05, 3.63) is 92.9 Å². The lowest BCUT2D eigenvalue weighted by molar-refractivity contribution is -0.384. The standard InChI is InChI=1S/C26H23N3O7/c1-15-8-9-20(29(32)33)12-23(15)27-25(30)14-35-26(31)21-10-18-6-4-5-7-19(18)11-24(21)34-13-22-16(2)28-36-17(22)3/h4-12H,13-14H2,1-3H3,(H,27,30). The van der Waals surface area contributed by atoms with Gasteiger partial charge in [0.05, 0.1) is 21.9 Å². The van der Waals surface area contributed by atoms with Crippen molar-refractivity contribution in [3.63, 3.8) is 0 Å². The minimum atomic E-state index is -0.750. The molecule has 0 aliphatic rings. The second-order valence-electron chi connectivity index (χ2n) is 8.17. The van der Waals surface area contributed by atoms with Gasteiger partial charge in [-0.25, -0.2) is 4.79 Å². The predicted molar refractivity (Wildman–Crippen MR) is 131 cm³/mol. The molecule has 4 aromatic rings. The minimum absolute atomic E-state index is 0.131. The normalized spacial score (nSPS) is 10.8. The molecule has 10 nitrogen and oxygen atoms in total. The molecule has 4 rings (SSSR count). The maximum atomic E-state index is 13.0. The molecule has 36 heavy (non-hydrogen) atoms. The molecule has 0 spiro atoms. The summed E-state index contributed by atoms with van der Waals surface area (Å²) in [5.74, 6) is -0.481. The number of fused-ring (bicyclic) bond motifs is 1. The fourth-order valence-electron chi connectivity index (χ4n) is 3.61. The number of esters is 1. The number of hydrogen-bond acceptors (Lipinski definition) is 8. The molecule has 0 radical (unpaired) electrons. The smallest absolute Gasteiger partial charge is 0.342 e. The van der Waals surface area contributed by atoms with Gasteiger partial charge in [-0.05, 0) is 49.2 Å². The second kappa shape index (κ2) is 10.3. The largest absolute Gasteiger partial charge is 0.488 e. The quantitative estimate of drug-likeness (QED) is 0.207. The zero-order valence-corrected chi connectivity index (χ0v) is 19.9. The van der Waals surface area contributed by atoms with Crippen molar-refractivity contribution in [2.75, 3.05) is 11.9 Å². The van der Waals surface area contributed by atoms with Gasteiger partial charge in [0.1, 0.15) is 23.7 Å². The Morgan fingerprint density at radius 2 is 1.78 bits per heavy atom. The average molecular weight is 489 g/mol. The maximum Gasteiger partial charge on any atom is 0.342 e. The summed E-state index contributed by atoms with van der Waals surface area (Å²) in [7, 11) is 0. The molecule has 1 amide bonds. The summed E-state index contributed by atoms with van der Waals surface area (Å²) in [5.41, 5.74) is 2.34. The van der Waals surface area contributed by atoms with Gasteiger partial charge in [-0.2, -0.15) is 0 Å². The van der Waals surface area contributed by atoms with Crippen LogP contribution in [0, 0.1) is 30.9 Å². The van der Waals surface area contributed by atoms with E-state index in [9.17, 15) is 19.7 Å². The van der Waals surface area contributed by atoms with Gasteiger partial charge in [-0.15, -0.1) is 0 Å². The molecule has 10 heteroatoms. The van der Waals surface area contributed by atoms with E-state index < -0.39 is 23.4 Å². The number of nitro groups is 1. The van der Waals surface area contributed by atoms with Crippen molar-refractivity contribution in [3.8, 4) is 5.75 Å². The zero-order chi connectivity index (χ0) is 25.8. The lowest BCUT2D eigenvalue weighted by atomic mass is 10.1. The molecule has 0 fully saturated rings. The highest BCUT2D eigenvalue weighted by Gasteiger charge is 2.19. The van der Waals surface area contributed by atoms with Crippen LogP contribution in [0.1, 0.15) is 32.9 Å². The molecule has 0 bridgehead atoms. The Labute approximate surface area is 206 Å². The molecule has 0 saturated heterocycles. The third-order valence-corrected chi connectivity index (χ3v) is 5.66. The monoisotopic (exact) mass is 489 g/mol. The predicted octanol–water partition coefficient (Wildman–Crippen LogP) is 5.04. The van der Waals surface area contributed by atoms with Crippen molar-refractivity contribution in [1.82, 2.24) is 5.16 Å². The molecular formula is C26H23N3O7. The number of nitro benzene ring substituents is 1. The van der Waals surface area contributed by atoms with Gasteiger partial charge in [-0.3, -0.25) is 14.9 Å². The van der Waals surface area contributed by atoms with E-state index in [1.807, 2.05) is 24.3 Å². The Morgan fingerprint density at radius 1 is 1.06 bits per heavy atom. The number of amides is 1. The summed E-state index contributed by atoms with van der Waals surface area (Å²) in [4.78, 5) is 35.9. The Morgan fingerprint density at radius 3 is 2.44 bits per heavy atom. The molecule has 0 atom stereocenters. The number of aromatic nitrogens is 1. The third kappa shape index (κ3) is 5.33. The first kappa shape index (κ1) is 24.4. The number of aryl methyl sites for hydroxylation is 3. The van der Waals surface area contributed by atoms with Crippen LogP contribution in [0.3, 0.4) is 0 Å². The second-order valence-corrected chi connectivity index (χ2v) is 8.17. The van der Waals surface area contributed by atoms with E-state index in [2.05, 4.69) is 10.5 Å². The molecule has 1 N–H and O–H groups in total. The lowest BCUT2D eigenvalue weighted by Crippen LogP contribution is -2.21. The van der Waals surface area contributed by atoms with Gasteiger partial charge in [0.15, 0.2) is 6.61 Å². The average Bonchev–Trinajstić information content (AvgIpc) is 3.18. The summed E-state index contributed by atoms with van der Waals surface area (Å²) in [6.45, 7) is 4.81. The van der Waals surface area contributed by atoms with Crippen molar-refractivity contribution < 1.29 is 28.5 Å². The maximum absolute atomic E-state index is 13.0. The van der Waals surface area contributed by atoms with Gasteiger partial charge in [-0.1, -0.05) is 35.5 Å². The van der Waals surface area contributed by atoms with E-state index in [1.54, 1.807) is 32.9 Å². The van der Waals surface area contributed by atoms with Crippen LogP contribution in [0.25, 0.3) is 10.8 Å². The highest BCUT2D eigenvalue weighted by Crippen LogP contribution is 2.28. The van der Waals surface area contributed by atoms with Gasteiger partial charge < -0.3 is 19.3 Å². The number of nitrogens with zero attached hydrogens (tertiary/aromatic N) is 2. The summed E-state index contributed by atoms with van der Waals surface area (Å²) >= 11 is 0. The first-order chi connectivity index (χ1) is 17.2. The number of carbonyl (C=O) groups is 2. The molecule has 1 heterocycles. The van der Waals surface area contributed by atoms with Crippen molar-refractivity contribution >= 4 is 34.0 Å². The highest BCUT2D eigenvalue weighted by molar-refractivity contribution is 6.00. The Kier molecular flexibility index (Phi) is 6.95. The summed E-state index contributed by atoms with van der Waals surface area (Å²) < 4.78 is 16.4. The summed E-state index contributed by atoms with van der Waals surface area (Å²) in [5, 5.41) is 19.1. The number of nitrogens with one attached hydrogen (secondary N) is 1. The molecule has 0 aliphatic carbocycles. The molecule has 1 aromatic heterocycles. The zero-order valence-electron chi connectivity index (χ0n) is 19.9. The van der Waals surface area contributed by atoms with Crippen LogP contribution in [0.5, 0.6) is 5.75 Å². The number of rotatable bonds is 8. The van der Waals surface area contributed by atoms with Crippen LogP contribution in [0.2, 0.25) is 0 Å². The van der Waals surface area contributed by atoms with Crippen LogP contribution in [0.4, 0.5) is 11.4 Å². The topological polar surface area (TPSA) is 134 Å². The first-order valence-electron chi connectivity index (χ1n) is 11.0. The number of ether oxygens (including phenoxy) is 2. The van der Waals surface area contributed by atoms with Crippen LogP contribution in [-0.4, -0.2) is 28.6 Å². The van der Waals surface area contributed by atoms with E-state index in [0.717, 1.165) is 16.3 Å². The fraction of sp³-hybridized carbons (Fsp3) is 0.192. The summed E-state index contributed by atoms with van der Waals surface area (Å²) in [6, 6.07) is 14.9. The van der Waals surface area contributed by atoms with Crippen molar-refractivity contribution in [2.45, 2.75) is 27.4 Å². The number of hydrogen-bond donors (Lipinski definition) is 1. The van der Waals surface area contributed by atoms with Gasteiger partial charge in [0.2, 0.25) is 0 Å². The lowest BCUT2D eigenvalue weighted by Gasteiger charge is -2.13. The van der Waals surface area contributed by atoms with Crippen molar-refractivity contribution in [1.29, 1.82) is 0 Å². The van der Waals surface area contributed by atoms with E-state index in [4.69, 9.17) is 14.0 Å². The SMILES string of the molecule is Cc1ccc([N+](=O)[O-])cc1NC(=O)COC(=O)c1cc2ccccc2cc1OCc1c(C)noc1C. The van der Waals surface area contributed by atoms with Gasteiger partial charge in [0, 0.05) is 12.1 Å². The minimum Gasteiger partial charge on any atom is -0.488 e. The molecule has 0 saturated carbocycles. The number of benzene rings is 3. The Balaban J connectivity index is 1.51. The van der Waals surface area contributed by atoms with Crippen LogP contribution in [0.15, 0.2) is 59.1 Å². The van der Waals surface area contributed by atoms with E-state index in [1.165, 1.54) is 18.2 Å². The molecular weight excluding hydrogens is 466 g/mol. The number of non-ortho nitro benzene ring substituents is 1. The first-order valence-corrected chi connectivity index (χ1v) is 11.0. The summed E-state index contributed by atoms with van der Waals surface area (Å²) in [6.07, 6.45) is 0. The fourth-order valence-corrected chi connectivity index (χ4v) is 3.61. The van der Waals surface area contributed by atoms with Crippen molar-refractivity contribution in [2.24, 2.45) is 0 Å². The third-order valence-electron chi connectivity index (χ3n) is 5.66. The molecule has 184 valence electrons. The van der Waals surface area contributed by atoms with Crippen LogP contribution < -0.4 is 10.1 Å². The Bertz CT molecular complexity index is 1460. The van der Waals surface area contributed by atoms with E-state index in [0.29, 0.717) is 17.0 Å². The van der Waals surface area contributed by atoms with Gasteiger partial charge >= 0.3 is 5.97 Å². The van der Waals surface area contributed by atoms with Crippen LogP contribution in [-0.2, 0) is 16.1 Å². The van der Waals surface area contributed by atoms with E-state index >= 15 is 0 Å². The molecule has 0 aliphatic heterocycles. The van der Waals surface area contributed by atoms with Crippen LogP contribution >= 0.6 is 0 Å². The molecule has 3 aromatic carbocycles. The van der Waals surface area contributed by atoms with Gasteiger partial charge in [0.25, 0.3) is 11.6 Å². The number of carbonyl (C=O) groups excluding carboxylic acids is 2. The Hall–Kier alpha value is -4.73.